The molecule has 0 aliphatic carbocycles. The van der Waals surface area contributed by atoms with Crippen LogP contribution in [-0.4, -0.2) is 41.0 Å². The molecule has 0 bridgehead atoms. The maximum atomic E-state index is 12.6. The van der Waals surface area contributed by atoms with Gasteiger partial charge in [-0.3, -0.25) is 4.79 Å². The first-order valence-corrected chi connectivity index (χ1v) is 7.40. The second-order valence-electron chi connectivity index (χ2n) is 5.52. The van der Waals surface area contributed by atoms with E-state index < -0.39 is 0 Å². The summed E-state index contributed by atoms with van der Waals surface area (Å²) in [6.45, 7) is 3.36. The zero-order valence-corrected chi connectivity index (χ0v) is 12.8. The molecule has 5 heteroatoms. The van der Waals surface area contributed by atoms with E-state index in [2.05, 4.69) is 9.97 Å². The van der Waals surface area contributed by atoms with E-state index in [4.69, 9.17) is 4.74 Å². The normalized spacial score (nSPS) is 17.5. The maximum Gasteiger partial charge on any atom is 0.254 e. The summed E-state index contributed by atoms with van der Waals surface area (Å²) in [6.07, 6.45) is 2.68. The predicted molar refractivity (Wildman–Crippen MR) is 83.0 cm³/mol. The number of ether oxygens (including phenoxy) is 1. The fourth-order valence-corrected chi connectivity index (χ4v) is 2.76. The Morgan fingerprint density at radius 3 is 3.00 bits per heavy atom. The van der Waals surface area contributed by atoms with Crippen LogP contribution in [-0.2, 0) is 0 Å². The lowest BCUT2D eigenvalue weighted by molar-refractivity contribution is 0.0790. The van der Waals surface area contributed by atoms with Crippen molar-refractivity contribution < 1.29 is 9.53 Å². The van der Waals surface area contributed by atoms with Gasteiger partial charge in [0.2, 0.25) is 0 Å². The molecule has 1 amide bonds. The predicted octanol–water partition coefficient (Wildman–Crippen LogP) is 2.42. The molecule has 3 rings (SSSR count). The summed E-state index contributed by atoms with van der Waals surface area (Å²) >= 11 is 0. The highest BCUT2D eigenvalue weighted by atomic mass is 16.5. The molecule has 1 aliphatic rings. The van der Waals surface area contributed by atoms with E-state index >= 15 is 0 Å². The average Bonchev–Trinajstić information content (AvgIpc) is 3.04. The van der Waals surface area contributed by atoms with Gasteiger partial charge in [0, 0.05) is 36.5 Å². The van der Waals surface area contributed by atoms with Crippen LogP contribution in [0.3, 0.4) is 0 Å². The number of rotatable bonds is 3. The van der Waals surface area contributed by atoms with Crippen molar-refractivity contribution in [2.75, 3.05) is 20.2 Å². The number of aryl methyl sites for hydroxylation is 1. The third-order valence-electron chi connectivity index (χ3n) is 3.97. The molecule has 0 radical (unpaired) electrons. The van der Waals surface area contributed by atoms with Crippen molar-refractivity contribution in [3.8, 4) is 5.75 Å². The van der Waals surface area contributed by atoms with Crippen LogP contribution < -0.4 is 4.74 Å². The molecule has 1 aromatic carbocycles. The molecule has 0 N–H and O–H groups in total. The Kier molecular flexibility index (Phi) is 4.04. The van der Waals surface area contributed by atoms with Crippen LogP contribution in [0, 0.1) is 6.92 Å². The molecule has 1 atom stereocenters. The number of benzene rings is 1. The number of carbonyl (C=O) groups excluding carboxylic acids is 1. The van der Waals surface area contributed by atoms with Gasteiger partial charge in [-0.2, -0.15) is 0 Å². The lowest BCUT2D eigenvalue weighted by Gasteiger charge is -2.16. The van der Waals surface area contributed by atoms with Crippen molar-refractivity contribution in [1.82, 2.24) is 14.9 Å². The van der Waals surface area contributed by atoms with Gasteiger partial charge in [-0.05, 0) is 37.6 Å². The van der Waals surface area contributed by atoms with E-state index in [1.54, 1.807) is 19.4 Å². The SMILES string of the molecule is COc1cccc(C(=O)N2CC[C@@H](c3nccc(C)n3)C2)c1. The Morgan fingerprint density at radius 1 is 1.36 bits per heavy atom. The largest absolute Gasteiger partial charge is 0.497 e. The number of aromatic nitrogens is 2. The van der Waals surface area contributed by atoms with E-state index in [-0.39, 0.29) is 11.8 Å². The van der Waals surface area contributed by atoms with Gasteiger partial charge in [-0.1, -0.05) is 6.07 Å². The van der Waals surface area contributed by atoms with Gasteiger partial charge in [-0.25, -0.2) is 9.97 Å². The molecule has 1 aromatic heterocycles. The summed E-state index contributed by atoms with van der Waals surface area (Å²) in [4.78, 5) is 23.3. The number of hydrogen-bond donors (Lipinski definition) is 0. The minimum Gasteiger partial charge on any atom is -0.497 e. The number of hydrogen-bond acceptors (Lipinski definition) is 4. The summed E-state index contributed by atoms with van der Waals surface area (Å²) in [7, 11) is 1.60. The molecular formula is C17H19N3O2. The van der Waals surface area contributed by atoms with E-state index in [0.717, 1.165) is 24.5 Å². The fraction of sp³-hybridized carbons (Fsp3) is 0.353. The zero-order valence-electron chi connectivity index (χ0n) is 12.8. The highest BCUT2D eigenvalue weighted by Crippen LogP contribution is 2.26. The fourth-order valence-electron chi connectivity index (χ4n) is 2.76. The van der Waals surface area contributed by atoms with E-state index in [1.165, 1.54) is 0 Å². The standard InChI is InChI=1S/C17H19N3O2/c1-12-6-8-18-16(19-12)14-7-9-20(11-14)17(21)13-4-3-5-15(10-13)22-2/h3-6,8,10,14H,7,9,11H2,1-2H3/t14-/m1/s1. The summed E-state index contributed by atoms with van der Waals surface area (Å²) < 4.78 is 5.18. The van der Waals surface area contributed by atoms with Crippen LogP contribution in [0.15, 0.2) is 36.5 Å². The van der Waals surface area contributed by atoms with Crippen molar-refractivity contribution >= 4 is 5.91 Å². The Bertz CT molecular complexity index is 687. The third kappa shape index (κ3) is 2.93. The monoisotopic (exact) mass is 297 g/mol. The number of likely N-dealkylation sites (tertiary alicyclic amines) is 1. The highest BCUT2D eigenvalue weighted by Gasteiger charge is 2.29. The molecule has 2 aromatic rings. The second-order valence-corrected chi connectivity index (χ2v) is 5.52. The molecule has 1 saturated heterocycles. The van der Waals surface area contributed by atoms with Gasteiger partial charge >= 0.3 is 0 Å². The topological polar surface area (TPSA) is 55.3 Å². The van der Waals surface area contributed by atoms with Gasteiger partial charge in [0.15, 0.2) is 0 Å². The van der Waals surface area contributed by atoms with Crippen LogP contribution in [0.4, 0.5) is 0 Å². The lowest BCUT2D eigenvalue weighted by atomic mass is 10.1. The first kappa shape index (κ1) is 14.5. The Morgan fingerprint density at radius 2 is 2.23 bits per heavy atom. The Labute approximate surface area is 130 Å². The summed E-state index contributed by atoms with van der Waals surface area (Å²) in [5.41, 5.74) is 1.62. The first-order chi connectivity index (χ1) is 10.7. The number of carbonyl (C=O) groups is 1. The number of nitrogens with zero attached hydrogens (tertiary/aromatic N) is 3. The highest BCUT2D eigenvalue weighted by molar-refractivity contribution is 5.94. The van der Waals surface area contributed by atoms with Crippen LogP contribution in [0.5, 0.6) is 5.75 Å². The van der Waals surface area contributed by atoms with Gasteiger partial charge in [0.25, 0.3) is 5.91 Å². The van der Waals surface area contributed by atoms with Crippen molar-refractivity contribution in [1.29, 1.82) is 0 Å². The summed E-state index contributed by atoms with van der Waals surface area (Å²) in [6, 6.07) is 9.16. The minimum absolute atomic E-state index is 0.0362. The molecule has 22 heavy (non-hydrogen) atoms. The molecule has 114 valence electrons. The molecule has 0 spiro atoms. The Balaban J connectivity index is 1.73. The average molecular weight is 297 g/mol. The van der Waals surface area contributed by atoms with Crippen molar-refractivity contribution in [3.63, 3.8) is 0 Å². The van der Waals surface area contributed by atoms with Crippen molar-refractivity contribution in [2.24, 2.45) is 0 Å². The zero-order chi connectivity index (χ0) is 15.5. The number of methoxy groups -OCH3 is 1. The molecule has 2 heterocycles. The molecule has 0 unspecified atom stereocenters. The molecule has 1 fully saturated rings. The smallest absolute Gasteiger partial charge is 0.254 e. The third-order valence-corrected chi connectivity index (χ3v) is 3.97. The lowest BCUT2D eigenvalue weighted by Crippen LogP contribution is -2.28. The van der Waals surface area contributed by atoms with Gasteiger partial charge < -0.3 is 9.64 Å². The van der Waals surface area contributed by atoms with Crippen molar-refractivity contribution in [3.05, 3.63) is 53.6 Å². The van der Waals surface area contributed by atoms with Crippen LogP contribution in [0.1, 0.15) is 34.2 Å². The first-order valence-electron chi connectivity index (χ1n) is 7.40. The molecule has 1 aliphatic heterocycles. The van der Waals surface area contributed by atoms with Gasteiger partial charge in [-0.15, -0.1) is 0 Å². The van der Waals surface area contributed by atoms with Gasteiger partial charge in [0.05, 0.1) is 7.11 Å². The van der Waals surface area contributed by atoms with Crippen LogP contribution in [0.2, 0.25) is 0 Å². The maximum absolute atomic E-state index is 12.6. The molecule has 0 saturated carbocycles. The van der Waals surface area contributed by atoms with Crippen molar-refractivity contribution in [2.45, 2.75) is 19.3 Å². The van der Waals surface area contributed by atoms with Crippen LogP contribution >= 0.6 is 0 Å². The van der Waals surface area contributed by atoms with Gasteiger partial charge in [0.1, 0.15) is 11.6 Å². The summed E-state index contributed by atoms with van der Waals surface area (Å²) in [5.74, 6) is 1.79. The quantitative estimate of drug-likeness (QED) is 0.873. The van der Waals surface area contributed by atoms with E-state index in [0.29, 0.717) is 17.9 Å². The Hall–Kier alpha value is -2.43. The van der Waals surface area contributed by atoms with E-state index in [1.807, 2.05) is 36.1 Å². The minimum atomic E-state index is 0.0362. The van der Waals surface area contributed by atoms with E-state index in [9.17, 15) is 4.79 Å². The molecule has 5 nitrogen and oxygen atoms in total. The molecular weight excluding hydrogens is 278 g/mol. The summed E-state index contributed by atoms with van der Waals surface area (Å²) in [5, 5.41) is 0. The number of amides is 1. The van der Waals surface area contributed by atoms with Crippen LogP contribution in [0.25, 0.3) is 0 Å². The second kappa shape index (κ2) is 6.13.